The Bertz CT molecular complexity index is 3890. The molecule has 0 aliphatic carbocycles. The average molecular weight is 1110 g/mol. The summed E-state index contributed by atoms with van der Waals surface area (Å²) in [5.74, 6) is 1.57. The van der Waals surface area contributed by atoms with Gasteiger partial charge in [0.05, 0.1) is 78.3 Å². The normalized spacial score (nSPS) is 14.8. The molecule has 2 fully saturated rings. The first-order valence-corrected chi connectivity index (χ1v) is 28.2. The molecule has 0 unspecified atom stereocenters. The number of nitrogens with one attached hydrogen (secondary N) is 2. The van der Waals surface area contributed by atoms with Gasteiger partial charge >= 0.3 is 0 Å². The van der Waals surface area contributed by atoms with Crippen molar-refractivity contribution in [3.63, 3.8) is 0 Å². The van der Waals surface area contributed by atoms with E-state index in [1.165, 1.54) is 0 Å². The Hall–Kier alpha value is -8.76. The van der Waals surface area contributed by atoms with Gasteiger partial charge in [-0.3, -0.25) is 42.5 Å². The zero-order valence-corrected chi connectivity index (χ0v) is 46.8. The minimum Gasteiger partial charge on any atom is -0.492 e. The van der Waals surface area contributed by atoms with E-state index in [1.807, 2.05) is 101 Å². The second kappa shape index (κ2) is 24.1. The summed E-state index contributed by atoms with van der Waals surface area (Å²) in [5, 5.41) is 17.3. The van der Waals surface area contributed by atoms with Crippen LogP contribution >= 0.6 is 0 Å². The lowest BCUT2D eigenvalue weighted by Crippen LogP contribution is -2.45. The number of rotatable bonds is 21. The van der Waals surface area contributed by atoms with Gasteiger partial charge in [-0.25, -0.2) is 15.0 Å². The first-order chi connectivity index (χ1) is 40.0. The van der Waals surface area contributed by atoms with E-state index in [-0.39, 0.29) is 17.7 Å². The number of carbonyl (C=O) groups excluding carboxylic acids is 2. The molecule has 82 heavy (non-hydrogen) atoms. The van der Waals surface area contributed by atoms with Crippen LogP contribution in [0.1, 0.15) is 63.4 Å². The van der Waals surface area contributed by atoms with E-state index in [9.17, 15) is 9.59 Å². The van der Waals surface area contributed by atoms with Gasteiger partial charge in [-0.05, 0) is 80.2 Å². The highest BCUT2D eigenvalue weighted by molar-refractivity contribution is 6.09. The number of hydrogen-bond acceptors (Lipinski definition) is 15. The van der Waals surface area contributed by atoms with Crippen molar-refractivity contribution < 1.29 is 23.8 Å². The first-order valence-electron chi connectivity index (χ1n) is 28.2. The number of ether oxygens (including phenoxy) is 3. The molecule has 2 aliphatic heterocycles. The van der Waals surface area contributed by atoms with Gasteiger partial charge in [0.15, 0.2) is 0 Å². The van der Waals surface area contributed by atoms with Crippen LogP contribution in [0.2, 0.25) is 0 Å². The molecule has 21 nitrogen and oxygen atoms in total. The lowest BCUT2D eigenvalue weighted by molar-refractivity contribution is 0.101. The highest BCUT2D eigenvalue weighted by atomic mass is 16.5. The summed E-state index contributed by atoms with van der Waals surface area (Å²) >= 11 is 0. The summed E-state index contributed by atoms with van der Waals surface area (Å²) in [6.45, 7) is 16.8. The van der Waals surface area contributed by atoms with Crippen LogP contribution < -0.4 is 24.8 Å². The molecule has 12 rings (SSSR count). The molecule has 2 aliphatic rings. The monoisotopic (exact) mass is 1100 g/mol. The van der Waals surface area contributed by atoms with Gasteiger partial charge in [0.1, 0.15) is 47.4 Å². The summed E-state index contributed by atoms with van der Waals surface area (Å²) in [6, 6.07) is 29.0. The van der Waals surface area contributed by atoms with Gasteiger partial charge in [0.2, 0.25) is 5.88 Å². The fourth-order valence-electron chi connectivity index (χ4n) is 10.6. The lowest BCUT2D eigenvalue weighted by atomic mass is 10.0. The molecule has 2 saturated heterocycles. The second-order valence-electron chi connectivity index (χ2n) is 21.6. The standard InChI is InChI=1S/C61H68N16O5/c1-42(2)52-33-43(32-45(66-52)41-77-54-12-7-10-51(49(54)37-65-77)69-61(79)56-39-63-58-35-47(15-18-75(56)58)81-31-28-73-25-21-71(4)22-26-73)16-29-82-59-13-5-8-44(67-59)40-76-53-11-6-9-50(48(53)36-64-76)68-60(78)55-38-62-57-34-46(14-17-74(55)57)80-30-27-72-23-19-70(3)20-24-72/h5-15,17-18,32-39,42H,16,19-31,40-41H2,1-4H3,(H,68,78)(H,69,79). The molecule has 0 bridgehead atoms. The average Bonchev–Trinajstić information content (AvgIpc) is 4.45. The number of pyridine rings is 4. The minimum absolute atomic E-state index is 0.194. The molecular formula is C61H68N16O5. The number of nitrogens with zero attached hydrogens (tertiary/aromatic N) is 14. The summed E-state index contributed by atoms with van der Waals surface area (Å²) in [7, 11) is 4.30. The van der Waals surface area contributed by atoms with E-state index in [0.717, 1.165) is 121 Å². The maximum absolute atomic E-state index is 13.8. The quantitative estimate of drug-likeness (QED) is 0.0741. The molecule has 8 aromatic heterocycles. The van der Waals surface area contributed by atoms with Crippen molar-refractivity contribution in [1.29, 1.82) is 0 Å². The number of carbonyl (C=O) groups is 2. The molecule has 21 heteroatoms. The molecule has 0 radical (unpaired) electrons. The van der Waals surface area contributed by atoms with Gasteiger partial charge in [-0.1, -0.05) is 32.0 Å². The van der Waals surface area contributed by atoms with E-state index in [1.54, 1.807) is 33.6 Å². The maximum atomic E-state index is 13.8. The predicted octanol–water partition coefficient (Wildman–Crippen LogP) is 7.07. The molecule has 0 atom stereocenters. The third kappa shape index (κ3) is 12.3. The molecule has 0 spiro atoms. The van der Waals surface area contributed by atoms with Gasteiger partial charge in [0.25, 0.3) is 11.8 Å². The van der Waals surface area contributed by atoms with E-state index in [2.05, 4.69) is 80.3 Å². The van der Waals surface area contributed by atoms with Crippen LogP contribution in [0.3, 0.4) is 0 Å². The maximum Gasteiger partial charge on any atom is 0.274 e. The zero-order chi connectivity index (χ0) is 56.1. The van der Waals surface area contributed by atoms with Crippen LogP contribution in [-0.4, -0.2) is 179 Å². The Labute approximate surface area is 475 Å². The van der Waals surface area contributed by atoms with Gasteiger partial charge in [0, 0.05) is 119 Å². The second-order valence-corrected chi connectivity index (χ2v) is 21.6. The van der Waals surface area contributed by atoms with Crippen LogP contribution in [0.25, 0.3) is 33.1 Å². The number of imidazole rings is 2. The van der Waals surface area contributed by atoms with Crippen molar-refractivity contribution in [2.75, 3.05) is 110 Å². The Morgan fingerprint density at radius 1 is 0.561 bits per heavy atom. The van der Waals surface area contributed by atoms with E-state index < -0.39 is 0 Å². The van der Waals surface area contributed by atoms with Gasteiger partial charge in [-0.2, -0.15) is 10.2 Å². The van der Waals surface area contributed by atoms with Crippen LogP contribution in [0.5, 0.6) is 17.4 Å². The fraction of sp³-hybridized carbons (Fsp3) is 0.344. The van der Waals surface area contributed by atoms with Crippen LogP contribution in [0.15, 0.2) is 128 Å². The van der Waals surface area contributed by atoms with Crippen molar-refractivity contribution in [2.45, 2.75) is 39.3 Å². The zero-order valence-electron chi connectivity index (χ0n) is 46.8. The number of fused-ring (bicyclic) bond motifs is 4. The van der Waals surface area contributed by atoms with E-state index in [4.69, 9.17) is 34.4 Å². The Balaban J connectivity index is 0.649. The molecule has 2 amide bonds. The SMILES string of the molecule is CC(C)c1cc(CCOc2cccc(Cn3ncc4c(NC(=O)c5cnc6cc(OCCN7CCN(C)CC7)ccn56)cccc43)n2)cc(Cn2ncc3c(NC(=O)c4cnc5cc(OCCN6CCN(C)CC6)ccn45)cccc32)n1. The first kappa shape index (κ1) is 53.9. The number of likely N-dealkylation sites (N-methyl/N-ethyl adjacent to an activating group) is 2. The topological polar surface area (TPSA) is 195 Å². The lowest BCUT2D eigenvalue weighted by Gasteiger charge is -2.32. The summed E-state index contributed by atoms with van der Waals surface area (Å²) < 4.78 is 25.8. The Morgan fingerprint density at radius 3 is 1.62 bits per heavy atom. The summed E-state index contributed by atoms with van der Waals surface area (Å²) in [5.41, 5.74) is 8.78. The number of hydrogen-bond donors (Lipinski definition) is 2. The molecule has 0 saturated carbocycles. The smallest absolute Gasteiger partial charge is 0.274 e. The molecule has 2 aromatic carbocycles. The number of amides is 2. The number of piperazine rings is 2. The van der Waals surface area contributed by atoms with Gasteiger partial charge in [-0.15, -0.1) is 0 Å². The van der Waals surface area contributed by atoms with Gasteiger partial charge < -0.3 is 34.6 Å². The predicted molar refractivity (Wildman–Crippen MR) is 315 cm³/mol. The minimum atomic E-state index is -0.287. The fourth-order valence-corrected chi connectivity index (χ4v) is 10.6. The molecule has 10 heterocycles. The number of benzene rings is 2. The Morgan fingerprint density at radius 2 is 1.09 bits per heavy atom. The molecular weight excluding hydrogens is 1040 g/mol. The molecule has 10 aromatic rings. The summed E-state index contributed by atoms with van der Waals surface area (Å²) in [4.78, 5) is 56.0. The number of anilines is 2. The van der Waals surface area contributed by atoms with Crippen molar-refractivity contribution in [2.24, 2.45) is 0 Å². The van der Waals surface area contributed by atoms with Crippen LogP contribution in [0, 0.1) is 0 Å². The largest absolute Gasteiger partial charge is 0.492 e. The van der Waals surface area contributed by atoms with Crippen molar-refractivity contribution in [3.8, 4) is 17.4 Å². The molecule has 422 valence electrons. The van der Waals surface area contributed by atoms with Crippen molar-refractivity contribution in [1.82, 2.24) is 67.9 Å². The Kier molecular flexibility index (Phi) is 15.9. The highest BCUT2D eigenvalue weighted by Crippen LogP contribution is 2.28. The third-order valence-electron chi connectivity index (χ3n) is 15.4. The molecule has 2 N–H and O–H groups in total. The van der Waals surface area contributed by atoms with Crippen molar-refractivity contribution in [3.05, 3.63) is 162 Å². The third-order valence-corrected chi connectivity index (χ3v) is 15.4. The van der Waals surface area contributed by atoms with Crippen LogP contribution in [-0.2, 0) is 19.5 Å². The van der Waals surface area contributed by atoms with E-state index >= 15 is 0 Å². The summed E-state index contributed by atoms with van der Waals surface area (Å²) in [6.07, 6.45) is 11.0. The van der Waals surface area contributed by atoms with E-state index in [0.29, 0.717) is 79.3 Å². The number of aromatic nitrogens is 10. The highest BCUT2D eigenvalue weighted by Gasteiger charge is 2.21. The van der Waals surface area contributed by atoms with Crippen LogP contribution in [0.4, 0.5) is 11.4 Å². The van der Waals surface area contributed by atoms with Crippen molar-refractivity contribution >= 4 is 56.3 Å².